The molecule has 0 unspecified atom stereocenters. The van der Waals surface area contributed by atoms with Crippen molar-refractivity contribution in [2.24, 2.45) is 0 Å². The second-order valence-corrected chi connectivity index (χ2v) is 4.28. The first-order valence-electron chi connectivity index (χ1n) is 5.93. The number of methoxy groups -OCH3 is 1. The second kappa shape index (κ2) is 5.52. The lowest BCUT2D eigenvalue weighted by molar-refractivity contribution is -0.140. The number of esters is 1. The average Bonchev–Trinajstić information content (AvgIpc) is 2.43. The van der Waals surface area contributed by atoms with Crippen molar-refractivity contribution in [1.29, 1.82) is 0 Å². The van der Waals surface area contributed by atoms with Crippen LogP contribution >= 0.6 is 0 Å². The third-order valence-corrected chi connectivity index (χ3v) is 3.00. The topological polar surface area (TPSA) is 63.6 Å². The Balaban J connectivity index is 2.24. The molecule has 19 heavy (non-hydrogen) atoms. The van der Waals surface area contributed by atoms with Gasteiger partial charge in [0.25, 0.3) is 0 Å². The highest BCUT2D eigenvalue weighted by molar-refractivity contribution is 5.94. The van der Waals surface area contributed by atoms with Gasteiger partial charge in [-0.1, -0.05) is 24.3 Å². The van der Waals surface area contributed by atoms with Crippen molar-refractivity contribution in [3.63, 3.8) is 0 Å². The Hall–Kier alpha value is -2.36. The summed E-state index contributed by atoms with van der Waals surface area (Å²) in [5.74, 6) is -1.17. The minimum absolute atomic E-state index is 0.235. The zero-order valence-electron chi connectivity index (χ0n) is 10.6. The molecule has 0 amide bonds. The van der Waals surface area contributed by atoms with Gasteiger partial charge in [0.15, 0.2) is 0 Å². The molecule has 0 aliphatic heterocycles. The smallest absolute Gasteiger partial charge is 0.335 e. The number of aromatic carboxylic acids is 1. The van der Waals surface area contributed by atoms with Crippen LogP contribution in [0, 0.1) is 0 Å². The van der Waals surface area contributed by atoms with Crippen LogP contribution in [0.2, 0.25) is 0 Å². The van der Waals surface area contributed by atoms with Crippen LogP contribution < -0.4 is 0 Å². The van der Waals surface area contributed by atoms with Gasteiger partial charge >= 0.3 is 11.9 Å². The van der Waals surface area contributed by atoms with Crippen molar-refractivity contribution >= 4 is 22.7 Å². The van der Waals surface area contributed by atoms with Crippen LogP contribution in [0.25, 0.3) is 10.8 Å². The SMILES string of the molecule is COC(=O)CCc1ccc2cc(C(=O)O)ccc2c1. The largest absolute Gasteiger partial charge is 0.478 e. The number of carbonyl (C=O) groups is 2. The van der Waals surface area contributed by atoms with Crippen molar-refractivity contribution < 1.29 is 19.4 Å². The fourth-order valence-corrected chi connectivity index (χ4v) is 1.93. The Morgan fingerprint density at radius 1 is 1.11 bits per heavy atom. The first-order valence-corrected chi connectivity index (χ1v) is 5.93. The maximum absolute atomic E-state index is 11.1. The molecule has 0 saturated heterocycles. The number of carbonyl (C=O) groups excluding carboxylic acids is 1. The van der Waals surface area contributed by atoms with Crippen LogP contribution in [0.1, 0.15) is 22.3 Å². The van der Waals surface area contributed by atoms with Gasteiger partial charge in [-0.05, 0) is 34.9 Å². The van der Waals surface area contributed by atoms with E-state index in [2.05, 4.69) is 4.74 Å². The number of aryl methyl sites for hydroxylation is 1. The zero-order valence-corrected chi connectivity index (χ0v) is 10.6. The van der Waals surface area contributed by atoms with Gasteiger partial charge in [0.1, 0.15) is 0 Å². The minimum Gasteiger partial charge on any atom is -0.478 e. The van der Waals surface area contributed by atoms with Gasteiger partial charge in [0.05, 0.1) is 12.7 Å². The Kier molecular flexibility index (Phi) is 3.80. The van der Waals surface area contributed by atoms with E-state index in [0.29, 0.717) is 12.8 Å². The van der Waals surface area contributed by atoms with Crippen LogP contribution in [0.15, 0.2) is 36.4 Å². The Bertz CT molecular complexity index is 631. The number of carboxylic acid groups (broad SMARTS) is 1. The van der Waals surface area contributed by atoms with Crippen LogP contribution in [-0.4, -0.2) is 24.2 Å². The summed E-state index contributed by atoms with van der Waals surface area (Å²) < 4.78 is 4.60. The number of fused-ring (bicyclic) bond motifs is 1. The molecular weight excluding hydrogens is 244 g/mol. The average molecular weight is 258 g/mol. The zero-order chi connectivity index (χ0) is 13.8. The number of ether oxygens (including phenoxy) is 1. The molecule has 0 spiro atoms. The summed E-state index contributed by atoms with van der Waals surface area (Å²) in [5.41, 5.74) is 1.30. The number of carboxylic acids is 1. The van der Waals surface area contributed by atoms with E-state index >= 15 is 0 Å². The van der Waals surface area contributed by atoms with Gasteiger partial charge < -0.3 is 9.84 Å². The maximum Gasteiger partial charge on any atom is 0.335 e. The monoisotopic (exact) mass is 258 g/mol. The van der Waals surface area contributed by atoms with Crippen molar-refractivity contribution in [3.05, 3.63) is 47.5 Å². The van der Waals surface area contributed by atoms with Gasteiger partial charge in [-0.2, -0.15) is 0 Å². The molecule has 2 rings (SSSR count). The fraction of sp³-hybridized carbons (Fsp3) is 0.200. The molecule has 0 aromatic heterocycles. The molecule has 0 saturated carbocycles. The van der Waals surface area contributed by atoms with Crippen LogP contribution in [0.5, 0.6) is 0 Å². The second-order valence-electron chi connectivity index (χ2n) is 4.28. The van der Waals surface area contributed by atoms with E-state index in [-0.39, 0.29) is 11.5 Å². The Morgan fingerprint density at radius 3 is 2.47 bits per heavy atom. The Labute approximate surface area is 110 Å². The summed E-state index contributed by atoms with van der Waals surface area (Å²) in [6, 6.07) is 10.7. The van der Waals surface area contributed by atoms with Crippen molar-refractivity contribution in [2.75, 3.05) is 7.11 Å². The van der Waals surface area contributed by atoms with Crippen LogP contribution in [-0.2, 0) is 16.0 Å². The van der Waals surface area contributed by atoms with E-state index in [1.54, 1.807) is 18.2 Å². The third-order valence-electron chi connectivity index (χ3n) is 3.00. The van der Waals surface area contributed by atoms with Crippen molar-refractivity contribution in [3.8, 4) is 0 Å². The molecule has 0 radical (unpaired) electrons. The summed E-state index contributed by atoms with van der Waals surface area (Å²) in [6.45, 7) is 0. The van der Waals surface area contributed by atoms with Crippen molar-refractivity contribution in [1.82, 2.24) is 0 Å². The quantitative estimate of drug-likeness (QED) is 0.856. The summed E-state index contributed by atoms with van der Waals surface area (Å²) in [4.78, 5) is 22.0. The van der Waals surface area contributed by atoms with E-state index < -0.39 is 5.97 Å². The number of benzene rings is 2. The molecule has 4 heteroatoms. The third kappa shape index (κ3) is 3.10. The molecule has 2 aromatic rings. The van der Waals surface area contributed by atoms with Crippen molar-refractivity contribution in [2.45, 2.75) is 12.8 Å². The van der Waals surface area contributed by atoms with Gasteiger partial charge in [-0.3, -0.25) is 4.79 Å². The van der Waals surface area contributed by atoms with E-state index in [0.717, 1.165) is 16.3 Å². The lowest BCUT2D eigenvalue weighted by atomic mass is 10.0. The molecule has 2 aromatic carbocycles. The predicted octanol–water partition coefficient (Wildman–Crippen LogP) is 2.64. The highest BCUT2D eigenvalue weighted by Crippen LogP contribution is 2.19. The van der Waals surface area contributed by atoms with Crippen LogP contribution in [0.4, 0.5) is 0 Å². The minimum atomic E-state index is -0.934. The number of hydrogen-bond donors (Lipinski definition) is 1. The van der Waals surface area contributed by atoms with Gasteiger partial charge in [0.2, 0.25) is 0 Å². The lowest BCUT2D eigenvalue weighted by Crippen LogP contribution is -2.01. The molecule has 4 nitrogen and oxygen atoms in total. The highest BCUT2D eigenvalue weighted by atomic mass is 16.5. The highest BCUT2D eigenvalue weighted by Gasteiger charge is 2.05. The lowest BCUT2D eigenvalue weighted by Gasteiger charge is -2.04. The van der Waals surface area contributed by atoms with Gasteiger partial charge in [0, 0.05) is 6.42 Å². The van der Waals surface area contributed by atoms with Gasteiger partial charge in [-0.25, -0.2) is 4.79 Å². The molecule has 0 aliphatic rings. The maximum atomic E-state index is 11.1. The molecule has 98 valence electrons. The first-order chi connectivity index (χ1) is 9.10. The summed E-state index contributed by atoms with van der Waals surface area (Å²) in [6.07, 6.45) is 0.957. The van der Waals surface area contributed by atoms with E-state index in [1.165, 1.54) is 7.11 Å². The molecule has 0 bridgehead atoms. The molecule has 0 atom stereocenters. The molecule has 1 N–H and O–H groups in total. The summed E-state index contributed by atoms with van der Waals surface area (Å²) in [7, 11) is 1.37. The number of hydrogen-bond acceptors (Lipinski definition) is 3. The summed E-state index contributed by atoms with van der Waals surface area (Å²) >= 11 is 0. The molecule has 0 aliphatic carbocycles. The standard InChI is InChI=1S/C15H14O4/c1-19-14(16)7-3-10-2-4-12-9-13(15(17)18)6-5-11(12)8-10/h2,4-6,8-9H,3,7H2,1H3,(H,17,18). The molecule has 0 heterocycles. The number of rotatable bonds is 4. The van der Waals surface area contributed by atoms with E-state index in [9.17, 15) is 9.59 Å². The van der Waals surface area contributed by atoms with Crippen LogP contribution in [0.3, 0.4) is 0 Å². The van der Waals surface area contributed by atoms with Gasteiger partial charge in [-0.15, -0.1) is 0 Å². The van der Waals surface area contributed by atoms with E-state index in [4.69, 9.17) is 5.11 Å². The normalized spacial score (nSPS) is 10.4. The molecular formula is C15H14O4. The first kappa shape index (κ1) is 13.1. The van der Waals surface area contributed by atoms with E-state index in [1.807, 2.05) is 18.2 Å². The predicted molar refractivity (Wildman–Crippen MR) is 71.2 cm³/mol. The molecule has 0 fully saturated rings. The Morgan fingerprint density at radius 2 is 1.79 bits per heavy atom. The summed E-state index contributed by atoms with van der Waals surface area (Å²) in [5, 5.41) is 10.8. The fourth-order valence-electron chi connectivity index (χ4n) is 1.93.